The second-order valence-corrected chi connectivity index (χ2v) is 8.35. The Labute approximate surface area is 187 Å². The van der Waals surface area contributed by atoms with Gasteiger partial charge in [-0.05, 0) is 61.7 Å². The van der Waals surface area contributed by atoms with Gasteiger partial charge in [-0.2, -0.15) is 0 Å². The average molecular weight is 447 g/mol. The minimum absolute atomic E-state index is 0.155. The molecule has 0 spiro atoms. The van der Waals surface area contributed by atoms with Crippen molar-refractivity contribution in [2.45, 2.75) is 57.7 Å². The fourth-order valence-electron chi connectivity index (χ4n) is 3.74. The third-order valence-electron chi connectivity index (χ3n) is 5.54. The van der Waals surface area contributed by atoms with Gasteiger partial charge >= 0.3 is 0 Å². The molecule has 1 aliphatic carbocycles. The first-order chi connectivity index (χ1) is 14.9. The molecule has 1 saturated carbocycles. The smallest absolute Gasteiger partial charge is 0.261 e. The standard InChI is InChI=1S/C24H28ClFN2O3/c1-17(24(30)27-21-8-3-2-4-9-21)28(15-18-6-5-7-19(25)14-18)23(29)16-31-22-12-10-20(26)11-13-22/h5-7,10-14,17,21H,2-4,8-9,15-16H2,1H3,(H,27,30)/t17-/m0/s1. The van der Waals surface area contributed by atoms with Crippen LogP contribution in [-0.2, 0) is 16.1 Å². The molecule has 2 aromatic rings. The lowest BCUT2D eigenvalue weighted by molar-refractivity contribution is -0.142. The lowest BCUT2D eigenvalue weighted by Crippen LogP contribution is -2.51. The van der Waals surface area contributed by atoms with Crippen LogP contribution in [0.4, 0.5) is 4.39 Å². The highest BCUT2D eigenvalue weighted by Crippen LogP contribution is 2.19. The highest BCUT2D eigenvalue weighted by molar-refractivity contribution is 6.30. The summed E-state index contributed by atoms with van der Waals surface area (Å²) in [5, 5.41) is 3.65. The number of carbonyl (C=O) groups is 2. The molecule has 0 aromatic heterocycles. The summed E-state index contributed by atoms with van der Waals surface area (Å²) in [7, 11) is 0. The fraction of sp³-hybridized carbons (Fsp3) is 0.417. The number of benzene rings is 2. The first-order valence-electron chi connectivity index (χ1n) is 10.6. The number of hydrogen-bond acceptors (Lipinski definition) is 3. The fourth-order valence-corrected chi connectivity index (χ4v) is 3.96. The van der Waals surface area contributed by atoms with Crippen molar-refractivity contribution in [3.63, 3.8) is 0 Å². The van der Waals surface area contributed by atoms with E-state index in [2.05, 4.69) is 5.32 Å². The lowest BCUT2D eigenvalue weighted by atomic mass is 9.95. The highest BCUT2D eigenvalue weighted by atomic mass is 35.5. The van der Waals surface area contributed by atoms with E-state index < -0.39 is 6.04 Å². The number of amides is 2. The maximum atomic E-state index is 13.1. The highest BCUT2D eigenvalue weighted by Gasteiger charge is 2.28. The summed E-state index contributed by atoms with van der Waals surface area (Å²) in [6, 6.07) is 12.1. The predicted octanol–water partition coefficient (Wildman–Crippen LogP) is 4.72. The Balaban J connectivity index is 1.70. The van der Waals surface area contributed by atoms with Crippen molar-refractivity contribution in [1.29, 1.82) is 0 Å². The van der Waals surface area contributed by atoms with E-state index in [-0.39, 0.29) is 36.8 Å². The summed E-state index contributed by atoms with van der Waals surface area (Å²) in [6.45, 7) is 1.69. The van der Waals surface area contributed by atoms with E-state index in [1.165, 1.54) is 35.6 Å². The van der Waals surface area contributed by atoms with Gasteiger partial charge in [0.25, 0.3) is 5.91 Å². The average Bonchev–Trinajstić information content (AvgIpc) is 2.77. The third kappa shape index (κ3) is 6.96. The van der Waals surface area contributed by atoms with Gasteiger partial charge in [0.15, 0.2) is 6.61 Å². The van der Waals surface area contributed by atoms with Crippen LogP contribution in [0.1, 0.15) is 44.6 Å². The van der Waals surface area contributed by atoms with Crippen molar-refractivity contribution in [3.8, 4) is 5.75 Å². The molecule has 0 heterocycles. The third-order valence-corrected chi connectivity index (χ3v) is 5.77. The van der Waals surface area contributed by atoms with E-state index >= 15 is 0 Å². The Hall–Kier alpha value is -2.60. The molecule has 1 atom stereocenters. The Kier molecular flexibility index (Phi) is 8.29. The van der Waals surface area contributed by atoms with Gasteiger partial charge in [-0.25, -0.2) is 4.39 Å². The van der Waals surface area contributed by atoms with Gasteiger partial charge in [0.05, 0.1) is 0 Å². The van der Waals surface area contributed by atoms with Gasteiger partial charge in [0.2, 0.25) is 5.91 Å². The zero-order chi connectivity index (χ0) is 22.2. The Morgan fingerprint density at radius 1 is 1.16 bits per heavy atom. The van der Waals surface area contributed by atoms with Gasteiger partial charge in [-0.1, -0.05) is 43.0 Å². The van der Waals surface area contributed by atoms with Crippen molar-refractivity contribution in [3.05, 3.63) is 64.9 Å². The monoisotopic (exact) mass is 446 g/mol. The van der Waals surface area contributed by atoms with Crippen LogP contribution < -0.4 is 10.1 Å². The van der Waals surface area contributed by atoms with Crippen molar-refractivity contribution in [2.24, 2.45) is 0 Å². The number of nitrogens with one attached hydrogen (secondary N) is 1. The summed E-state index contributed by atoms with van der Waals surface area (Å²) in [6.07, 6.45) is 5.34. The first kappa shape index (κ1) is 23.1. The quantitative estimate of drug-likeness (QED) is 0.638. The molecular formula is C24H28ClFN2O3. The molecule has 0 radical (unpaired) electrons. The van der Waals surface area contributed by atoms with Crippen molar-refractivity contribution < 1.29 is 18.7 Å². The largest absolute Gasteiger partial charge is 0.484 e. The molecule has 1 aliphatic rings. The van der Waals surface area contributed by atoms with Crippen LogP contribution >= 0.6 is 11.6 Å². The molecule has 0 bridgehead atoms. The molecule has 2 aromatic carbocycles. The molecule has 0 aliphatic heterocycles. The molecule has 2 amide bonds. The summed E-state index contributed by atoms with van der Waals surface area (Å²) in [4.78, 5) is 27.4. The summed E-state index contributed by atoms with van der Waals surface area (Å²) >= 11 is 6.09. The summed E-state index contributed by atoms with van der Waals surface area (Å²) in [5.41, 5.74) is 0.819. The zero-order valence-electron chi connectivity index (χ0n) is 17.7. The second-order valence-electron chi connectivity index (χ2n) is 7.91. The maximum absolute atomic E-state index is 13.1. The minimum Gasteiger partial charge on any atom is -0.484 e. The van der Waals surface area contributed by atoms with Gasteiger partial charge < -0.3 is 15.0 Å². The predicted molar refractivity (Wildman–Crippen MR) is 118 cm³/mol. The van der Waals surface area contributed by atoms with Crippen LogP contribution in [0.3, 0.4) is 0 Å². The number of halogens is 2. The van der Waals surface area contributed by atoms with E-state index in [1.54, 1.807) is 19.1 Å². The molecule has 166 valence electrons. The molecule has 0 saturated heterocycles. The number of rotatable bonds is 8. The van der Waals surface area contributed by atoms with Gasteiger partial charge in [0.1, 0.15) is 17.6 Å². The molecule has 0 unspecified atom stereocenters. The maximum Gasteiger partial charge on any atom is 0.261 e. The molecule has 5 nitrogen and oxygen atoms in total. The molecule has 3 rings (SSSR count). The van der Waals surface area contributed by atoms with Crippen LogP contribution in [0.15, 0.2) is 48.5 Å². The Morgan fingerprint density at radius 2 is 1.87 bits per heavy atom. The number of carbonyl (C=O) groups excluding carboxylic acids is 2. The van der Waals surface area contributed by atoms with Crippen LogP contribution in [0.2, 0.25) is 5.02 Å². The normalized spacial score (nSPS) is 15.2. The van der Waals surface area contributed by atoms with Gasteiger partial charge in [0, 0.05) is 17.6 Å². The van der Waals surface area contributed by atoms with Crippen LogP contribution in [0.5, 0.6) is 5.75 Å². The van der Waals surface area contributed by atoms with Crippen molar-refractivity contribution in [1.82, 2.24) is 10.2 Å². The summed E-state index contributed by atoms with van der Waals surface area (Å²) < 4.78 is 18.6. The van der Waals surface area contributed by atoms with Crippen molar-refractivity contribution in [2.75, 3.05) is 6.61 Å². The number of nitrogens with zero attached hydrogens (tertiary/aromatic N) is 1. The van der Waals surface area contributed by atoms with Crippen LogP contribution in [0.25, 0.3) is 0 Å². The molecule has 7 heteroatoms. The van der Waals surface area contributed by atoms with E-state index in [0.29, 0.717) is 10.8 Å². The zero-order valence-corrected chi connectivity index (χ0v) is 18.4. The molecule has 1 N–H and O–H groups in total. The first-order valence-corrected chi connectivity index (χ1v) is 11.0. The van der Waals surface area contributed by atoms with Gasteiger partial charge in [-0.15, -0.1) is 0 Å². The van der Waals surface area contributed by atoms with Crippen molar-refractivity contribution >= 4 is 23.4 Å². The Morgan fingerprint density at radius 3 is 2.55 bits per heavy atom. The topological polar surface area (TPSA) is 58.6 Å². The Bertz CT molecular complexity index is 885. The molecule has 31 heavy (non-hydrogen) atoms. The number of ether oxygens (including phenoxy) is 1. The molecule has 1 fully saturated rings. The van der Waals surface area contributed by atoms with E-state index in [4.69, 9.17) is 16.3 Å². The van der Waals surface area contributed by atoms with Crippen LogP contribution in [0, 0.1) is 5.82 Å². The van der Waals surface area contributed by atoms with E-state index in [9.17, 15) is 14.0 Å². The number of hydrogen-bond donors (Lipinski definition) is 1. The SMILES string of the molecule is C[C@@H](C(=O)NC1CCCCC1)N(Cc1cccc(Cl)c1)C(=O)COc1ccc(F)cc1. The lowest BCUT2D eigenvalue weighted by Gasteiger charge is -2.31. The second kappa shape index (κ2) is 11.1. The van der Waals surface area contributed by atoms with E-state index in [0.717, 1.165) is 31.2 Å². The minimum atomic E-state index is -0.676. The van der Waals surface area contributed by atoms with Gasteiger partial charge in [-0.3, -0.25) is 9.59 Å². The van der Waals surface area contributed by atoms with Crippen LogP contribution in [-0.4, -0.2) is 35.4 Å². The summed E-state index contributed by atoms with van der Waals surface area (Å²) in [5.74, 6) is -0.509. The van der Waals surface area contributed by atoms with E-state index in [1.807, 2.05) is 12.1 Å². The molecular weight excluding hydrogens is 419 g/mol.